The summed E-state index contributed by atoms with van der Waals surface area (Å²) in [4.78, 5) is 4.33. The largest absolute Gasteiger partial charge is 0.311 e. The molecule has 3 heteroatoms. The zero-order valence-electron chi connectivity index (χ0n) is 5.92. The van der Waals surface area contributed by atoms with Crippen molar-refractivity contribution >= 4 is 0 Å². The Morgan fingerprint density at radius 3 is 2.30 bits per heavy atom. The fourth-order valence-corrected chi connectivity index (χ4v) is 2.09. The van der Waals surface area contributed by atoms with E-state index in [1.54, 1.807) is 0 Å². The number of hydrogen-bond donors (Lipinski definition) is 2. The van der Waals surface area contributed by atoms with Crippen LogP contribution in [-0.2, 0) is 4.89 Å². The van der Waals surface area contributed by atoms with Crippen molar-refractivity contribution in [1.82, 2.24) is 5.32 Å². The van der Waals surface area contributed by atoms with Gasteiger partial charge in [0.25, 0.3) is 0 Å². The highest BCUT2D eigenvalue weighted by molar-refractivity contribution is 4.92. The summed E-state index contributed by atoms with van der Waals surface area (Å²) in [5.74, 6) is 0. The first kappa shape index (κ1) is 6.58. The molecule has 0 saturated carbocycles. The number of nitrogens with one attached hydrogen (secondary N) is 1. The molecule has 2 N–H and O–H groups in total. The first-order chi connectivity index (χ1) is 4.88. The normalized spacial score (nSPS) is 45.9. The fourth-order valence-electron chi connectivity index (χ4n) is 2.09. The third kappa shape index (κ3) is 1.05. The van der Waals surface area contributed by atoms with Crippen LogP contribution in [0.3, 0.4) is 0 Å². The Labute approximate surface area is 60.3 Å². The van der Waals surface area contributed by atoms with E-state index in [1.165, 1.54) is 12.8 Å². The summed E-state index contributed by atoms with van der Waals surface area (Å²) in [6.07, 6.45) is 4.56. The molecule has 0 spiro atoms. The Morgan fingerprint density at radius 1 is 1.20 bits per heavy atom. The predicted octanol–water partition coefficient (Wildman–Crippen LogP) is 0.759. The molecule has 2 heterocycles. The van der Waals surface area contributed by atoms with Crippen LogP contribution in [0.25, 0.3) is 0 Å². The van der Waals surface area contributed by atoms with Crippen LogP contribution in [0.1, 0.15) is 25.7 Å². The van der Waals surface area contributed by atoms with Crippen LogP contribution in [-0.4, -0.2) is 23.4 Å². The predicted molar refractivity (Wildman–Crippen MR) is 36.7 cm³/mol. The fraction of sp³-hybridized carbons (Fsp3) is 1.00. The van der Waals surface area contributed by atoms with Crippen molar-refractivity contribution in [3.63, 3.8) is 0 Å². The summed E-state index contributed by atoms with van der Waals surface area (Å²) in [5.41, 5.74) is 0. The second-order valence-corrected chi connectivity index (χ2v) is 3.34. The quantitative estimate of drug-likeness (QED) is 0.420. The van der Waals surface area contributed by atoms with Crippen molar-refractivity contribution in [2.75, 3.05) is 0 Å². The van der Waals surface area contributed by atoms with Crippen LogP contribution in [0.4, 0.5) is 0 Å². The lowest BCUT2D eigenvalue weighted by Gasteiger charge is -2.26. The molecule has 2 saturated heterocycles. The van der Waals surface area contributed by atoms with E-state index >= 15 is 0 Å². The van der Waals surface area contributed by atoms with E-state index in [2.05, 4.69) is 10.2 Å². The van der Waals surface area contributed by atoms with Crippen LogP contribution < -0.4 is 5.32 Å². The third-order valence-electron chi connectivity index (χ3n) is 2.58. The number of fused-ring (bicyclic) bond motifs is 2. The Bertz CT molecular complexity index is 117. The highest BCUT2D eigenvalue weighted by Crippen LogP contribution is 2.27. The first-order valence-corrected chi connectivity index (χ1v) is 3.95. The molecule has 2 fully saturated rings. The lowest BCUT2D eigenvalue weighted by atomic mass is 10.0. The van der Waals surface area contributed by atoms with Crippen LogP contribution >= 0.6 is 0 Å². The molecule has 0 aromatic heterocycles. The second kappa shape index (κ2) is 2.49. The number of hydrogen-bond acceptors (Lipinski definition) is 3. The lowest BCUT2D eigenvalue weighted by molar-refractivity contribution is -0.285. The highest BCUT2D eigenvalue weighted by atomic mass is 17.1. The minimum Gasteiger partial charge on any atom is -0.311 e. The Kier molecular flexibility index (Phi) is 1.64. The molecule has 0 aromatic rings. The molecule has 0 aromatic carbocycles. The molecular formula is C7H13NO2. The minimum atomic E-state index is 0.0961. The molecule has 0 amide bonds. The number of rotatable bonds is 1. The Morgan fingerprint density at radius 2 is 1.80 bits per heavy atom. The van der Waals surface area contributed by atoms with Crippen LogP contribution in [0, 0.1) is 0 Å². The highest BCUT2D eigenvalue weighted by Gasteiger charge is 2.33. The van der Waals surface area contributed by atoms with Gasteiger partial charge in [0.1, 0.15) is 0 Å². The lowest BCUT2D eigenvalue weighted by Crippen LogP contribution is -2.41. The maximum atomic E-state index is 8.43. The van der Waals surface area contributed by atoms with Crippen molar-refractivity contribution in [3.05, 3.63) is 0 Å². The summed E-state index contributed by atoms with van der Waals surface area (Å²) in [7, 11) is 0. The molecule has 2 atom stereocenters. The standard InChI is InChI=1S/C7H13NO2/c9-10-7-3-5-1-2-6(4-7)8-5/h5-9H,1-4H2. The van der Waals surface area contributed by atoms with Gasteiger partial charge in [-0.25, -0.2) is 4.89 Å². The second-order valence-electron chi connectivity index (χ2n) is 3.34. The van der Waals surface area contributed by atoms with Crippen molar-refractivity contribution in [3.8, 4) is 0 Å². The Hall–Kier alpha value is -0.120. The summed E-state index contributed by atoms with van der Waals surface area (Å²) < 4.78 is 0. The van der Waals surface area contributed by atoms with Crippen molar-refractivity contribution in [1.29, 1.82) is 0 Å². The third-order valence-corrected chi connectivity index (χ3v) is 2.58. The van der Waals surface area contributed by atoms with Crippen LogP contribution in [0.15, 0.2) is 0 Å². The van der Waals surface area contributed by atoms with E-state index in [0.717, 1.165) is 12.8 Å². The zero-order chi connectivity index (χ0) is 6.97. The molecule has 2 rings (SSSR count). The van der Waals surface area contributed by atoms with Gasteiger partial charge in [-0.2, -0.15) is 0 Å². The van der Waals surface area contributed by atoms with Crippen LogP contribution in [0.2, 0.25) is 0 Å². The summed E-state index contributed by atoms with van der Waals surface area (Å²) in [5, 5.41) is 11.9. The molecule has 2 aliphatic rings. The molecule has 58 valence electrons. The SMILES string of the molecule is OOC1CC2CCC(C1)N2. The van der Waals surface area contributed by atoms with Gasteiger partial charge >= 0.3 is 0 Å². The van der Waals surface area contributed by atoms with Crippen molar-refractivity contribution in [2.24, 2.45) is 0 Å². The molecule has 2 unspecified atom stereocenters. The van der Waals surface area contributed by atoms with E-state index in [1.807, 2.05) is 0 Å². The summed E-state index contributed by atoms with van der Waals surface area (Å²) in [6.45, 7) is 0. The maximum Gasteiger partial charge on any atom is 0.0957 e. The van der Waals surface area contributed by atoms with Crippen molar-refractivity contribution in [2.45, 2.75) is 43.9 Å². The molecule has 2 aliphatic heterocycles. The molecule has 2 bridgehead atoms. The summed E-state index contributed by atoms with van der Waals surface area (Å²) >= 11 is 0. The summed E-state index contributed by atoms with van der Waals surface area (Å²) in [6, 6.07) is 1.21. The average molecular weight is 143 g/mol. The first-order valence-electron chi connectivity index (χ1n) is 3.95. The number of piperidine rings is 1. The zero-order valence-corrected chi connectivity index (χ0v) is 5.92. The minimum absolute atomic E-state index is 0.0961. The molecule has 3 nitrogen and oxygen atoms in total. The maximum absolute atomic E-state index is 8.43. The monoisotopic (exact) mass is 143 g/mol. The van der Waals surface area contributed by atoms with E-state index in [9.17, 15) is 0 Å². The topological polar surface area (TPSA) is 41.5 Å². The Balaban J connectivity index is 1.96. The van der Waals surface area contributed by atoms with Gasteiger partial charge < -0.3 is 5.32 Å². The van der Waals surface area contributed by atoms with Gasteiger partial charge in [-0.15, -0.1) is 0 Å². The molecule has 0 aliphatic carbocycles. The molecule has 10 heavy (non-hydrogen) atoms. The van der Waals surface area contributed by atoms with Gasteiger partial charge in [0, 0.05) is 12.1 Å². The van der Waals surface area contributed by atoms with Gasteiger partial charge in [0.2, 0.25) is 0 Å². The van der Waals surface area contributed by atoms with Gasteiger partial charge in [0.05, 0.1) is 6.10 Å². The van der Waals surface area contributed by atoms with Gasteiger partial charge in [0.15, 0.2) is 0 Å². The molecule has 0 radical (unpaired) electrons. The van der Waals surface area contributed by atoms with Gasteiger partial charge in [-0.05, 0) is 25.7 Å². The van der Waals surface area contributed by atoms with Crippen molar-refractivity contribution < 1.29 is 10.1 Å². The molecular weight excluding hydrogens is 130 g/mol. The van der Waals surface area contributed by atoms with E-state index in [0.29, 0.717) is 12.1 Å². The van der Waals surface area contributed by atoms with Gasteiger partial charge in [-0.3, -0.25) is 5.26 Å². The smallest absolute Gasteiger partial charge is 0.0957 e. The van der Waals surface area contributed by atoms with E-state index in [4.69, 9.17) is 5.26 Å². The van der Waals surface area contributed by atoms with Gasteiger partial charge in [-0.1, -0.05) is 0 Å². The van der Waals surface area contributed by atoms with E-state index < -0.39 is 0 Å². The van der Waals surface area contributed by atoms with Crippen LogP contribution in [0.5, 0.6) is 0 Å². The van der Waals surface area contributed by atoms with E-state index in [-0.39, 0.29) is 6.10 Å². The average Bonchev–Trinajstić information content (AvgIpc) is 2.30.